The first-order valence-corrected chi connectivity index (χ1v) is 33.1. The lowest BCUT2D eigenvalue weighted by Crippen LogP contribution is -2.30. The molecule has 0 aromatic rings. The lowest BCUT2D eigenvalue weighted by atomic mass is 10.0. The molecule has 0 radical (unpaired) electrons. The third-order valence-corrected chi connectivity index (χ3v) is 14.8. The van der Waals surface area contributed by atoms with Crippen LogP contribution in [0, 0.1) is 0 Å². The summed E-state index contributed by atoms with van der Waals surface area (Å²) in [5.74, 6) is -0.861. The molecule has 0 rings (SSSR count). The summed E-state index contributed by atoms with van der Waals surface area (Å²) in [6, 6.07) is 0. The highest BCUT2D eigenvalue weighted by molar-refractivity contribution is 5.71. The van der Waals surface area contributed by atoms with Crippen molar-refractivity contribution in [2.45, 2.75) is 361 Å². The van der Waals surface area contributed by atoms with E-state index in [2.05, 4.69) is 69.4 Å². The molecule has 0 N–H and O–H groups in total. The van der Waals surface area contributed by atoms with Crippen LogP contribution in [-0.4, -0.2) is 37.2 Å². The minimum Gasteiger partial charge on any atom is -0.462 e. The van der Waals surface area contributed by atoms with Gasteiger partial charge in [-0.15, -0.1) is 0 Å². The van der Waals surface area contributed by atoms with Gasteiger partial charge >= 0.3 is 17.9 Å². The van der Waals surface area contributed by atoms with Gasteiger partial charge in [0.1, 0.15) is 13.2 Å². The van der Waals surface area contributed by atoms with Crippen LogP contribution in [-0.2, 0) is 28.6 Å². The Balaban J connectivity index is 4.35. The van der Waals surface area contributed by atoms with Crippen LogP contribution in [0.1, 0.15) is 355 Å². The summed E-state index contributed by atoms with van der Waals surface area (Å²) in [5.41, 5.74) is 0. The summed E-state index contributed by atoms with van der Waals surface area (Å²) < 4.78 is 17.0. The average molecular weight is 1050 g/mol. The van der Waals surface area contributed by atoms with Gasteiger partial charge in [0.2, 0.25) is 0 Å². The third kappa shape index (κ3) is 62.1. The predicted octanol–water partition coefficient (Wildman–Crippen LogP) is 22.6. The summed E-state index contributed by atoms with van der Waals surface area (Å²) >= 11 is 0. The van der Waals surface area contributed by atoms with Crippen molar-refractivity contribution in [1.29, 1.82) is 0 Å². The molecular weight excluding hydrogens is 925 g/mol. The van der Waals surface area contributed by atoms with E-state index in [1.54, 1.807) is 0 Å². The molecule has 6 heteroatoms. The normalized spacial score (nSPS) is 12.3. The monoisotopic (exact) mass is 1050 g/mol. The fraction of sp³-hybridized carbons (Fsp3) is 0.841. The summed E-state index contributed by atoms with van der Waals surface area (Å²) in [7, 11) is 0. The van der Waals surface area contributed by atoms with Crippen LogP contribution in [0.25, 0.3) is 0 Å². The van der Waals surface area contributed by atoms with Crippen molar-refractivity contribution < 1.29 is 28.6 Å². The fourth-order valence-corrected chi connectivity index (χ4v) is 9.76. The Kier molecular flexibility index (Phi) is 61.7. The maximum Gasteiger partial charge on any atom is 0.306 e. The second kappa shape index (κ2) is 63.9. The first-order valence-electron chi connectivity index (χ1n) is 33.1. The molecule has 75 heavy (non-hydrogen) atoms. The van der Waals surface area contributed by atoms with Crippen LogP contribution in [0.4, 0.5) is 0 Å². The van der Waals surface area contributed by atoms with E-state index >= 15 is 0 Å². The smallest absolute Gasteiger partial charge is 0.306 e. The van der Waals surface area contributed by atoms with Crippen molar-refractivity contribution in [3.63, 3.8) is 0 Å². The molecule has 0 spiro atoms. The summed E-state index contributed by atoms with van der Waals surface area (Å²) in [6.07, 6.45) is 79.7. The molecule has 6 nitrogen and oxygen atoms in total. The number of allylic oxidation sites excluding steroid dienone is 8. The van der Waals surface area contributed by atoms with E-state index in [0.29, 0.717) is 19.3 Å². The van der Waals surface area contributed by atoms with Crippen molar-refractivity contribution >= 4 is 17.9 Å². The molecule has 438 valence electrons. The summed E-state index contributed by atoms with van der Waals surface area (Å²) in [6.45, 7) is 6.66. The molecule has 0 saturated heterocycles. The van der Waals surface area contributed by atoms with Crippen LogP contribution in [0.15, 0.2) is 48.6 Å². The zero-order chi connectivity index (χ0) is 54.3. The van der Waals surface area contributed by atoms with Crippen molar-refractivity contribution in [3.05, 3.63) is 48.6 Å². The van der Waals surface area contributed by atoms with Crippen LogP contribution in [0.2, 0.25) is 0 Å². The standard InChI is InChI=1S/C69H126O6/c1-4-7-10-13-16-19-22-25-28-31-33-34-36-39-42-45-48-51-54-57-60-63-69(72)75-66(64-73-67(70)61-58-55-52-49-46-43-40-37-30-27-24-21-18-15-12-9-6-3)65-74-68(71)62-59-56-53-50-47-44-41-38-35-32-29-26-23-20-17-14-11-8-5-2/h17,20,25-30,66H,4-16,18-19,21-24,31-65H2,1-3H3/b20-17-,28-25-,29-26-,30-27-/t66-/m0/s1. The first kappa shape index (κ1) is 72.4. The van der Waals surface area contributed by atoms with Crippen LogP contribution < -0.4 is 0 Å². The molecule has 0 unspecified atom stereocenters. The van der Waals surface area contributed by atoms with E-state index in [1.807, 2.05) is 0 Å². The minimum atomic E-state index is -0.777. The van der Waals surface area contributed by atoms with E-state index in [9.17, 15) is 14.4 Å². The van der Waals surface area contributed by atoms with Crippen molar-refractivity contribution in [1.82, 2.24) is 0 Å². The van der Waals surface area contributed by atoms with Gasteiger partial charge in [0.15, 0.2) is 6.10 Å². The molecule has 0 fully saturated rings. The zero-order valence-electron chi connectivity index (χ0n) is 50.3. The Morgan fingerprint density at radius 2 is 0.480 bits per heavy atom. The summed E-state index contributed by atoms with van der Waals surface area (Å²) in [4.78, 5) is 38.4. The molecule has 0 bridgehead atoms. The van der Waals surface area contributed by atoms with Crippen molar-refractivity contribution in [2.75, 3.05) is 13.2 Å². The van der Waals surface area contributed by atoms with E-state index < -0.39 is 6.10 Å². The fourth-order valence-electron chi connectivity index (χ4n) is 9.76. The third-order valence-electron chi connectivity index (χ3n) is 14.8. The number of unbranched alkanes of at least 4 members (excludes halogenated alkanes) is 42. The van der Waals surface area contributed by atoms with Gasteiger partial charge < -0.3 is 14.2 Å². The Bertz CT molecular complexity index is 1300. The number of ether oxygens (including phenoxy) is 3. The number of rotatable bonds is 61. The second-order valence-corrected chi connectivity index (χ2v) is 22.4. The Labute approximate surface area is 467 Å². The molecule has 0 aliphatic rings. The number of carbonyl (C=O) groups excluding carboxylic acids is 3. The SMILES string of the molecule is CCCCC/C=C\C/C=C\CCCCCCCCCCCC(=O)OC[C@H](COC(=O)CCCCCCCCC/C=C\CCCCCCCC)OC(=O)CCCCCCCCCCCCC/C=C\CCCCCCCC. The van der Waals surface area contributed by atoms with Crippen LogP contribution in [0.3, 0.4) is 0 Å². The molecule has 0 aromatic heterocycles. The van der Waals surface area contributed by atoms with Crippen LogP contribution in [0.5, 0.6) is 0 Å². The number of esters is 3. The Hall–Kier alpha value is -2.63. The van der Waals surface area contributed by atoms with Gasteiger partial charge in [-0.25, -0.2) is 0 Å². The zero-order valence-corrected chi connectivity index (χ0v) is 50.3. The molecule has 0 saturated carbocycles. The highest BCUT2D eigenvalue weighted by atomic mass is 16.6. The highest BCUT2D eigenvalue weighted by Crippen LogP contribution is 2.17. The first-order chi connectivity index (χ1) is 37.0. The van der Waals surface area contributed by atoms with E-state index in [0.717, 1.165) is 64.2 Å². The van der Waals surface area contributed by atoms with E-state index in [4.69, 9.17) is 14.2 Å². The molecule has 0 aliphatic carbocycles. The second-order valence-electron chi connectivity index (χ2n) is 22.4. The lowest BCUT2D eigenvalue weighted by Gasteiger charge is -2.18. The lowest BCUT2D eigenvalue weighted by molar-refractivity contribution is -0.167. The van der Waals surface area contributed by atoms with Gasteiger partial charge in [0.25, 0.3) is 0 Å². The minimum absolute atomic E-state index is 0.0742. The Morgan fingerprint density at radius 1 is 0.267 bits per heavy atom. The van der Waals surface area contributed by atoms with Gasteiger partial charge in [-0.3, -0.25) is 14.4 Å². The van der Waals surface area contributed by atoms with E-state index in [-0.39, 0.29) is 31.1 Å². The Morgan fingerprint density at radius 3 is 0.773 bits per heavy atom. The van der Waals surface area contributed by atoms with Crippen molar-refractivity contribution in [2.24, 2.45) is 0 Å². The number of carbonyl (C=O) groups is 3. The van der Waals surface area contributed by atoms with Gasteiger partial charge in [-0.05, 0) is 103 Å². The molecular formula is C69H126O6. The van der Waals surface area contributed by atoms with Crippen LogP contribution >= 0.6 is 0 Å². The topological polar surface area (TPSA) is 78.9 Å². The maximum atomic E-state index is 12.9. The van der Waals surface area contributed by atoms with Gasteiger partial charge in [-0.1, -0.05) is 281 Å². The quantitative estimate of drug-likeness (QED) is 0.0261. The largest absolute Gasteiger partial charge is 0.462 e. The predicted molar refractivity (Wildman–Crippen MR) is 325 cm³/mol. The summed E-state index contributed by atoms with van der Waals surface area (Å²) in [5, 5.41) is 0. The molecule has 0 aromatic carbocycles. The number of hydrogen-bond donors (Lipinski definition) is 0. The molecule has 1 atom stereocenters. The van der Waals surface area contributed by atoms with Gasteiger partial charge in [0.05, 0.1) is 0 Å². The van der Waals surface area contributed by atoms with Gasteiger partial charge in [-0.2, -0.15) is 0 Å². The molecule has 0 heterocycles. The van der Waals surface area contributed by atoms with Gasteiger partial charge in [0, 0.05) is 19.3 Å². The van der Waals surface area contributed by atoms with E-state index in [1.165, 1.54) is 250 Å². The molecule has 0 amide bonds. The molecule has 0 aliphatic heterocycles. The number of hydrogen-bond acceptors (Lipinski definition) is 6. The van der Waals surface area contributed by atoms with Crippen molar-refractivity contribution in [3.8, 4) is 0 Å². The maximum absolute atomic E-state index is 12.9. The average Bonchev–Trinajstić information content (AvgIpc) is 3.41. The highest BCUT2D eigenvalue weighted by Gasteiger charge is 2.19.